The van der Waals surface area contributed by atoms with E-state index in [-0.39, 0.29) is 11.7 Å². The summed E-state index contributed by atoms with van der Waals surface area (Å²) < 4.78 is 10.6. The molecule has 1 heterocycles. The van der Waals surface area contributed by atoms with Crippen molar-refractivity contribution in [1.82, 2.24) is 0 Å². The predicted molar refractivity (Wildman–Crippen MR) is 73.2 cm³/mol. The fraction of sp³-hybridized carbons (Fsp3) is 0.286. The first-order chi connectivity index (χ1) is 9.58. The van der Waals surface area contributed by atoms with E-state index in [2.05, 4.69) is 0 Å². The fourth-order valence-corrected chi connectivity index (χ4v) is 2.81. The van der Waals surface area contributed by atoms with Gasteiger partial charge in [0.2, 0.25) is 0 Å². The predicted octanol–water partition coefficient (Wildman–Crippen LogP) is 2.71. The Labute approximate surface area is 118 Å². The number of methoxy groups -OCH3 is 1. The Morgan fingerprint density at radius 2 is 2.05 bits per heavy atom. The van der Waals surface area contributed by atoms with E-state index in [1.54, 1.807) is 12.1 Å². The lowest BCUT2D eigenvalue weighted by Gasteiger charge is -2.01. The van der Waals surface area contributed by atoms with Gasteiger partial charge >= 0.3 is 11.9 Å². The number of phenolic OH excluding ortho intramolecular Hbond substituents is 1. The van der Waals surface area contributed by atoms with Crippen LogP contribution in [0.25, 0.3) is 10.1 Å². The maximum Gasteiger partial charge on any atom is 0.356 e. The van der Waals surface area contributed by atoms with Crippen molar-refractivity contribution in [2.75, 3.05) is 7.11 Å². The monoisotopic (exact) mass is 292 g/mol. The van der Waals surface area contributed by atoms with E-state index in [4.69, 9.17) is 9.47 Å². The normalized spacial score (nSPS) is 14.2. The van der Waals surface area contributed by atoms with Crippen LogP contribution in [0.15, 0.2) is 18.2 Å². The molecular formula is C14H12O5S. The molecule has 1 saturated carbocycles. The Balaban J connectivity index is 1.88. The van der Waals surface area contributed by atoms with E-state index >= 15 is 0 Å². The molecule has 1 aliphatic carbocycles. The minimum atomic E-state index is -0.637. The maximum absolute atomic E-state index is 11.9. The van der Waals surface area contributed by atoms with Crippen molar-refractivity contribution < 1.29 is 24.2 Å². The van der Waals surface area contributed by atoms with Gasteiger partial charge in [-0.3, -0.25) is 4.79 Å². The minimum absolute atomic E-state index is 0.00627. The molecule has 1 aromatic carbocycles. The van der Waals surface area contributed by atoms with Crippen molar-refractivity contribution >= 4 is 33.4 Å². The number of ether oxygens (including phenoxy) is 2. The summed E-state index contributed by atoms with van der Waals surface area (Å²) in [5, 5.41) is 10.4. The van der Waals surface area contributed by atoms with Crippen LogP contribution < -0.4 is 4.74 Å². The van der Waals surface area contributed by atoms with Crippen LogP contribution in [-0.4, -0.2) is 24.2 Å². The number of fused-ring (bicyclic) bond motifs is 1. The molecule has 1 aliphatic rings. The number of carbonyl (C=O) groups is 2. The molecule has 0 bridgehead atoms. The summed E-state index contributed by atoms with van der Waals surface area (Å²) in [7, 11) is 1.46. The number of benzene rings is 1. The molecule has 0 amide bonds. The van der Waals surface area contributed by atoms with Gasteiger partial charge in [-0.25, -0.2) is 4.79 Å². The van der Waals surface area contributed by atoms with Crippen molar-refractivity contribution in [3.05, 3.63) is 23.1 Å². The highest BCUT2D eigenvalue weighted by atomic mass is 32.1. The first-order valence-electron chi connectivity index (χ1n) is 6.15. The van der Waals surface area contributed by atoms with E-state index in [1.165, 1.54) is 24.5 Å². The summed E-state index contributed by atoms with van der Waals surface area (Å²) >= 11 is 1.20. The van der Waals surface area contributed by atoms with Crippen molar-refractivity contribution in [2.24, 2.45) is 5.92 Å². The van der Waals surface area contributed by atoms with E-state index in [0.717, 1.165) is 17.5 Å². The zero-order valence-electron chi connectivity index (χ0n) is 10.7. The molecule has 0 aliphatic heterocycles. The first kappa shape index (κ1) is 12.9. The van der Waals surface area contributed by atoms with Crippen molar-refractivity contribution in [3.8, 4) is 11.5 Å². The Hall–Kier alpha value is -2.08. The van der Waals surface area contributed by atoms with Crippen molar-refractivity contribution in [3.63, 3.8) is 0 Å². The van der Waals surface area contributed by atoms with Gasteiger partial charge in [0.05, 0.1) is 13.0 Å². The molecule has 0 spiro atoms. The maximum atomic E-state index is 11.9. The second-order valence-electron chi connectivity index (χ2n) is 4.66. The molecule has 0 saturated heterocycles. The average Bonchev–Trinajstić information content (AvgIpc) is 3.18. The zero-order valence-corrected chi connectivity index (χ0v) is 11.5. The van der Waals surface area contributed by atoms with Gasteiger partial charge in [0.1, 0.15) is 4.88 Å². The fourth-order valence-electron chi connectivity index (χ4n) is 1.86. The van der Waals surface area contributed by atoms with Gasteiger partial charge in [-0.05, 0) is 30.4 Å². The largest absolute Gasteiger partial charge is 0.504 e. The minimum Gasteiger partial charge on any atom is -0.504 e. The quantitative estimate of drug-likeness (QED) is 0.695. The second-order valence-corrected chi connectivity index (χ2v) is 5.74. The van der Waals surface area contributed by atoms with Crippen LogP contribution in [-0.2, 0) is 9.53 Å². The zero-order chi connectivity index (χ0) is 14.3. The molecular weight excluding hydrogens is 280 g/mol. The Kier molecular flexibility index (Phi) is 3.10. The number of aromatic hydroxyl groups is 1. The lowest BCUT2D eigenvalue weighted by molar-refractivity contribution is -0.139. The van der Waals surface area contributed by atoms with Gasteiger partial charge in [-0.15, -0.1) is 11.3 Å². The van der Waals surface area contributed by atoms with Gasteiger partial charge in [0.15, 0.2) is 11.5 Å². The van der Waals surface area contributed by atoms with Gasteiger partial charge in [-0.2, -0.15) is 0 Å². The summed E-state index contributed by atoms with van der Waals surface area (Å²) in [6.45, 7) is 0. The lowest BCUT2D eigenvalue weighted by atomic mass is 10.2. The summed E-state index contributed by atoms with van der Waals surface area (Å²) in [6, 6.07) is 4.76. The van der Waals surface area contributed by atoms with Crippen molar-refractivity contribution in [1.29, 1.82) is 0 Å². The summed E-state index contributed by atoms with van der Waals surface area (Å²) in [4.78, 5) is 23.7. The third-order valence-electron chi connectivity index (χ3n) is 3.12. The second kappa shape index (κ2) is 4.79. The number of thiophene rings is 1. The molecule has 1 N–H and O–H groups in total. The topological polar surface area (TPSA) is 72.8 Å². The van der Waals surface area contributed by atoms with Crippen LogP contribution >= 0.6 is 11.3 Å². The SMILES string of the molecule is COc1cc2sc(C(=O)OC(=O)C3CC3)cc2cc1O. The number of phenols is 1. The van der Waals surface area contributed by atoms with Crippen molar-refractivity contribution in [2.45, 2.75) is 12.8 Å². The standard InChI is InChI=1S/C14H12O5S/c1-18-10-6-11-8(4-9(10)15)5-12(20-11)14(17)19-13(16)7-2-3-7/h4-7,15H,2-3H2,1H3. The molecule has 1 aromatic heterocycles. The van der Waals surface area contributed by atoms with Crippen LogP contribution in [0.3, 0.4) is 0 Å². The molecule has 0 radical (unpaired) electrons. The number of hydrogen-bond donors (Lipinski definition) is 1. The number of carbonyl (C=O) groups excluding carboxylic acids is 2. The highest BCUT2D eigenvalue weighted by Crippen LogP contribution is 2.36. The van der Waals surface area contributed by atoms with E-state index in [0.29, 0.717) is 16.0 Å². The van der Waals surface area contributed by atoms with E-state index < -0.39 is 11.9 Å². The molecule has 1 fully saturated rings. The third kappa shape index (κ3) is 2.34. The molecule has 5 nitrogen and oxygen atoms in total. The Bertz CT molecular complexity index is 699. The Morgan fingerprint density at radius 3 is 2.70 bits per heavy atom. The first-order valence-corrected chi connectivity index (χ1v) is 6.96. The molecule has 6 heteroatoms. The summed E-state index contributed by atoms with van der Waals surface area (Å²) in [5.41, 5.74) is 0. The van der Waals surface area contributed by atoms with Crippen LogP contribution in [0.2, 0.25) is 0 Å². The molecule has 104 valence electrons. The Morgan fingerprint density at radius 1 is 1.30 bits per heavy atom. The molecule has 2 aromatic rings. The molecule has 0 atom stereocenters. The van der Waals surface area contributed by atoms with Gasteiger partial charge in [-0.1, -0.05) is 0 Å². The highest BCUT2D eigenvalue weighted by molar-refractivity contribution is 7.20. The summed E-state index contributed by atoms with van der Waals surface area (Å²) in [5.74, 6) is -0.855. The third-order valence-corrected chi connectivity index (χ3v) is 4.20. The smallest absolute Gasteiger partial charge is 0.356 e. The molecule has 3 rings (SSSR count). The van der Waals surface area contributed by atoms with E-state index in [9.17, 15) is 14.7 Å². The van der Waals surface area contributed by atoms with Gasteiger partial charge in [0.25, 0.3) is 0 Å². The van der Waals surface area contributed by atoms with Crippen LogP contribution in [0, 0.1) is 5.92 Å². The van der Waals surface area contributed by atoms with Crippen LogP contribution in [0.5, 0.6) is 11.5 Å². The highest BCUT2D eigenvalue weighted by Gasteiger charge is 2.33. The van der Waals surface area contributed by atoms with Gasteiger partial charge in [0, 0.05) is 10.8 Å². The van der Waals surface area contributed by atoms with E-state index in [1.807, 2.05) is 0 Å². The van der Waals surface area contributed by atoms with Crippen LogP contribution in [0.4, 0.5) is 0 Å². The summed E-state index contributed by atoms with van der Waals surface area (Å²) in [6.07, 6.45) is 1.59. The molecule has 20 heavy (non-hydrogen) atoms. The number of esters is 2. The van der Waals surface area contributed by atoms with Gasteiger partial charge < -0.3 is 14.6 Å². The molecule has 0 unspecified atom stereocenters. The number of hydrogen-bond acceptors (Lipinski definition) is 6. The average molecular weight is 292 g/mol. The van der Waals surface area contributed by atoms with Crippen LogP contribution in [0.1, 0.15) is 22.5 Å². The lowest BCUT2D eigenvalue weighted by Crippen LogP contribution is -2.12. The number of rotatable bonds is 3.